The zero-order chi connectivity index (χ0) is 22.8. The van der Waals surface area contributed by atoms with Crippen molar-refractivity contribution in [2.24, 2.45) is 0 Å². The maximum absolute atomic E-state index is 12.6. The fraction of sp³-hybridized carbons (Fsp3) is 0.250. The van der Waals surface area contributed by atoms with Crippen molar-refractivity contribution >= 4 is 28.8 Å². The number of hydrogen-bond donors (Lipinski definition) is 0. The van der Waals surface area contributed by atoms with Crippen LogP contribution in [0.4, 0.5) is 0 Å². The molecule has 2 heterocycles. The van der Waals surface area contributed by atoms with E-state index in [0.717, 1.165) is 6.42 Å². The van der Waals surface area contributed by atoms with Crippen LogP contribution in [-0.4, -0.2) is 36.3 Å². The topological polar surface area (TPSA) is 103 Å². The molecular formula is C24H21NO7. The molecule has 4 rings (SSSR count). The molecule has 1 aromatic heterocycles. The molecule has 3 aromatic rings. The van der Waals surface area contributed by atoms with Crippen LogP contribution in [0.15, 0.2) is 51.7 Å². The van der Waals surface area contributed by atoms with Crippen LogP contribution in [0.25, 0.3) is 11.0 Å². The Balaban J connectivity index is 1.54. The quantitative estimate of drug-likeness (QED) is 0.318. The van der Waals surface area contributed by atoms with Gasteiger partial charge in [0.05, 0.1) is 23.8 Å². The Kier molecular flexibility index (Phi) is 5.77. The third-order valence-corrected chi connectivity index (χ3v) is 5.34. The van der Waals surface area contributed by atoms with Gasteiger partial charge < -0.3 is 13.9 Å². The van der Waals surface area contributed by atoms with Crippen LogP contribution in [0.5, 0.6) is 5.75 Å². The highest BCUT2D eigenvalue weighted by Crippen LogP contribution is 2.26. The molecule has 0 spiro atoms. The van der Waals surface area contributed by atoms with E-state index in [0.29, 0.717) is 35.2 Å². The van der Waals surface area contributed by atoms with E-state index in [1.807, 2.05) is 6.92 Å². The molecule has 0 N–H and O–H groups in total. The summed E-state index contributed by atoms with van der Waals surface area (Å²) in [6, 6.07) is 10.6. The van der Waals surface area contributed by atoms with E-state index in [2.05, 4.69) is 0 Å². The maximum Gasteiger partial charge on any atom is 0.338 e. The lowest BCUT2D eigenvalue weighted by Crippen LogP contribution is -2.30. The summed E-state index contributed by atoms with van der Waals surface area (Å²) in [6.45, 7) is 2.15. The minimum atomic E-state index is -0.671. The van der Waals surface area contributed by atoms with E-state index in [1.165, 1.54) is 36.3 Å². The molecule has 0 saturated carbocycles. The lowest BCUT2D eigenvalue weighted by molar-refractivity contribution is 0.0473. The van der Waals surface area contributed by atoms with Gasteiger partial charge in [-0.2, -0.15) is 0 Å². The van der Waals surface area contributed by atoms with Gasteiger partial charge >= 0.3 is 11.6 Å². The van der Waals surface area contributed by atoms with Gasteiger partial charge in [0.2, 0.25) is 0 Å². The SMILES string of the molecule is CCCCN1C(=O)c2ccc(C(=O)OCc3cc(=O)oc4cc(OC)ccc34)cc2C1=O. The zero-order valence-electron chi connectivity index (χ0n) is 17.7. The summed E-state index contributed by atoms with van der Waals surface area (Å²) in [5.41, 5.74) is 0.839. The van der Waals surface area contributed by atoms with E-state index in [4.69, 9.17) is 13.9 Å². The summed E-state index contributed by atoms with van der Waals surface area (Å²) in [5, 5.41) is 0.611. The van der Waals surface area contributed by atoms with Crippen LogP contribution in [-0.2, 0) is 11.3 Å². The minimum absolute atomic E-state index is 0.149. The fourth-order valence-corrected chi connectivity index (χ4v) is 3.62. The number of methoxy groups -OCH3 is 1. The van der Waals surface area contributed by atoms with Crippen molar-refractivity contribution in [3.63, 3.8) is 0 Å². The average molecular weight is 435 g/mol. The summed E-state index contributed by atoms with van der Waals surface area (Å²) in [4.78, 5) is 50.8. The molecule has 0 aliphatic carbocycles. The molecule has 8 heteroatoms. The molecule has 2 aromatic carbocycles. The standard InChI is InChI=1S/C24H21NO7/c1-3-4-9-25-22(27)18-7-5-14(10-19(18)23(25)28)24(29)31-13-15-11-21(26)32-20-12-16(30-2)6-8-17(15)20/h5-8,10-12H,3-4,9,13H2,1-2H3. The number of carbonyl (C=O) groups excluding carboxylic acids is 3. The van der Waals surface area contributed by atoms with Crippen molar-refractivity contribution in [1.29, 1.82) is 0 Å². The van der Waals surface area contributed by atoms with Gasteiger partial charge in [-0.15, -0.1) is 0 Å². The summed E-state index contributed by atoms with van der Waals surface area (Å²) >= 11 is 0. The smallest absolute Gasteiger partial charge is 0.338 e. The Hall–Kier alpha value is -3.94. The number of hydrogen-bond acceptors (Lipinski definition) is 7. The van der Waals surface area contributed by atoms with E-state index >= 15 is 0 Å². The largest absolute Gasteiger partial charge is 0.497 e. The van der Waals surface area contributed by atoms with Crippen LogP contribution >= 0.6 is 0 Å². The summed E-state index contributed by atoms with van der Waals surface area (Å²) < 4.78 is 15.7. The number of amides is 2. The second kappa shape index (κ2) is 8.66. The number of nitrogens with zero attached hydrogens (tertiary/aromatic N) is 1. The Morgan fingerprint density at radius 1 is 1.00 bits per heavy atom. The minimum Gasteiger partial charge on any atom is -0.497 e. The first kappa shape index (κ1) is 21.3. The number of unbranched alkanes of at least 4 members (excludes halogenated alkanes) is 1. The second-order valence-corrected chi connectivity index (χ2v) is 7.40. The lowest BCUT2D eigenvalue weighted by atomic mass is 10.1. The normalized spacial score (nSPS) is 12.9. The molecule has 0 atom stereocenters. The van der Waals surface area contributed by atoms with E-state index in [9.17, 15) is 19.2 Å². The number of benzene rings is 2. The molecule has 0 unspecified atom stereocenters. The molecule has 32 heavy (non-hydrogen) atoms. The molecule has 8 nitrogen and oxygen atoms in total. The molecule has 0 radical (unpaired) electrons. The predicted octanol–water partition coefficient (Wildman–Crippen LogP) is 3.55. The van der Waals surface area contributed by atoms with Gasteiger partial charge in [-0.25, -0.2) is 9.59 Å². The highest BCUT2D eigenvalue weighted by Gasteiger charge is 2.35. The second-order valence-electron chi connectivity index (χ2n) is 7.40. The van der Waals surface area contributed by atoms with Gasteiger partial charge in [-0.1, -0.05) is 13.3 Å². The third kappa shape index (κ3) is 3.87. The first-order chi connectivity index (χ1) is 15.4. The van der Waals surface area contributed by atoms with Crippen molar-refractivity contribution < 1.29 is 28.3 Å². The van der Waals surface area contributed by atoms with Crippen LogP contribution < -0.4 is 10.4 Å². The number of fused-ring (bicyclic) bond motifs is 2. The summed E-state index contributed by atoms with van der Waals surface area (Å²) in [7, 11) is 1.50. The maximum atomic E-state index is 12.6. The molecule has 0 fully saturated rings. The van der Waals surface area contributed by atoms with Gasteiger partial charge in [0, 0.05) is 29.6 Å². The predicted molar refractivity (Wildman–Crippen MR) is 115 cm³/mol. The molecule has 1 aliphatic heterocycles. The molecule has 0 saturated heterocycles. The molecule has 164 valence electrons. The van der Waals surface area contributed by atoms with Crippen LogP contribution in [0.2, 0.25) is 0 Å². The Morgan fingerprint density at radius 2 is 1.78 bits per heavy atom. The third-order valence-electron chi connectivity index (χ3n) is 5.34. The van der Waals surface area contributed by atoms with Gasteiger partial charge in [-0.05, 0) is 36.8 Å². The van der Waals surface area contributed by atoms with Crippen molar-refractivity contribution in [3.05, 3.63) is 75.1 Å². The Morgan fingerprint density at radius 3 is 2.53 bits per heavy atom. The fourth-order valence-electron chi connectivity index (χ4n) is 3.62. The van der Waals surface area contributed by atoms with Crippen LogP contribution in [0.3, 0.4) is 0 Å². The van der Waals surface area contributed by atoms with Gasteiger partial charge in [-0.3, -0.25) is 14.5 Å². The number of esters is 1. The summed E-state index contributed by atoms with van der Waals surface area (Å²) in [6.07, 6.45) is 1.57. The molecule has 1 aliphatic rings. The highest BCUT2D eigenvalue weighted by molar-refractivity contribution is 6.21. The van der Waals surface area contributed by atoms with Crippen LogP contribution in [0, 0.1) is 0 Å². The van der Waals surface area contributed by atoms with E-state index in [1.54, 1.807) is 18.2 Å². The van der Waals surface area contributed by atoms with E-state index in [-0.39, 0.29) is 29.2 Å². The number of imide groups is 1. The molecule has 2 amide bonds. The summed E-state index contributed by atoms with van der Waals surface area (Å²) in [5.74, 6) is -0.903. The van der Waals surface area contributed by atoms with Crippen molar-refractivity contribution in [2.45, 2.75) is 26.4 Å². The molecule has 0 bridgehead atoms. The number of carbonyl (C=O) groups is 3. The van der Waals surface area contributed by atoms with E-state index < -0.39 is 17.5 Å². The number of ether oxygens (including phenoxy) is 2. The Labute approximate surface area is 183 Å². The Bertz CT molecular complexity index is 1290. The van der Waals surface area contributed by atoms with Crippen molar-refractivity contribution in [2.75, 3.05) is 13.7 Å². The van der Waals surface area contributed by atoms with Gasteiger partial charge in [0.1, 0.15) is 17.9 Å². The highest BCUT2D eigenvalue weighted by atomic mass is 16.5. The van der Waals surface area contributed by atoms with Crippen LogP contribution in [0.1, 0.15) is 56.4 Å². The van der Waals surface area contributed by atoms with Gasteiger partial charge in [0.15, 0.2) is 0 Å². The first-order valence-electron chi connectivity index (χ1n) is 10.2. The average Bonchev–Trinajstić information content (AvgIpc) is 3.04. The van der Waals surface area contributed by atoms with Gasteiger partial charge in [0.25, 0.3) is 11.8 Å². The molecular weight excluding hydrogens is 414 g/mol. The van der Waals surface area contributed by atoms with Crippen molar-refractivity contribution in [1.82, 2.24) is 4.90 Å². The van der Waals surface area contributed by atoms with Crippen molar-refractivity contribution in [3.8, 4) is 5.75 Å². The monoisotopic (exact) mass is 435 g/mol. The zero-order valence-corrected chi connectivity index (χ0v) is 17.7. The number of rotatable bonds is 7. The first-order valence-corrected chi connectivity index (χ1v) is 10.2. The lowest BCUT2D eigenvalue weighted by Gasteiger charge is -2.12.